The molecule has 2 N–H and O–H groups in total. The molecule has 6 aromatic rings. The summed E-state index contributed by atoms with van der Waals surface area (Å²) in [5.74, 6) is -0.227. The zero-order chi connectivity index (χ0) is 37.2. The Labute approximate surface area is 308 Å². The van der Waals surface area contributed by atoms with Crippen LogP contribution in [0.15, 0.2) is 73.1 Å². The van der Waals surface area contributed by atoms with Crippen molar-refractivity contribution < 1.29 is 13.5 Å². The van der Waals surface area contributed by atoms with Crippen molar-refractivity contribution in [2.45, 2.75) is 40.8 Å². The summed E-state index contributed by atoms with van der Waals surface area (Å²) >= 11 is 0. The summed E-state index contributed by atoms with van der Waals surface area (Å²) in [4.78, 5) is 31.4. The summed E-state index contributed by atoms with van der Waals surface area (Å²) in [5, 5.41) is 3.46. The quantitative estimate of drug-likeness (QED) is 0.131. The maximum absolute atomic E-state index is 14.4. The molecule has 0 aliphatic carbocycles. The minimum atomic E-state index is -0.395. The van der Waals surface area contributed by atoms with E-state index >= 15 is 0 Å². The predicted octanol–water partition coefficient (Wildman–Crippen LogP) is 7.55. The van der Waals surface area contributed by atoms with E-state index in [0.717, 1.165) is 84.4 Å². The predicted molar refractivity (Wildman–Crippen MR) is 203 cm³/mol. The molecule has 11 nitrogen and oxygen atoms in total. The summed E-state index contributed by atoms with van der Waals surface area (Å²) in [7, 11) is 4.06. The highest BCUT2D eigenvalue weighted by Crippen LogP contribution is 2.37. The zero-order valence-electron chi connectivity index (χ0n) is 30.9. The molecular formula is C40H44F2N10O. The summed E-state index contributed by atoms with van der Waals surface area (Å²) < 4.78 is 34.4. The zero-order valence-corrected chi connectivity index (χ0v) is 30.9. The SMILES string of the molecule is Cc1[nH]c(CN(C)C)c(C)c1-c1ccnc(N(c2ccc(F)cc2)N(c2ccc(F)cc2)c2nccc(-c3c(C)[nH]c(CN4CCOCC4)c3C)n2)n1. The fourth-order valence-corrected chi connectivity index (χ4v) is 7.00. The van der Waals surface area contributed by atoms with Crippen LogP contribution in [0.5, 0.6) is 0 Å². The molecule has 13 heteroatoms. The van der Waals surface area contributed by atoms with Gasteiger partial charge in [-0.25, -0.2) is 38.7 Å². The van der Waals surface area contributed by atoms with Crippen LogP contribution in [-0.2, 0) is 17.8 Å². The second-order valence-electron chi connectivity index (χ2n) is 13.6. The number of benzene rings is 2. The number of nitrogens with one attached hydrogen (secondary N) is 2. The number of nitrogens with zero attached hydrogens (tertiary/aromatic N) is 8. The highest BCUT2D eigenvalue weighted by Gasteiger charge is 2.28. The van der Waals surface area contributed by atoms with Gasteiger partial charge in [-0.3, -0.25) is 4.90 Å². The van der Waals surface area contributed by atoms with Crippen molar-refractivity contribution >= 4 is 23.3 Å². The molecule has 5 heterocycles. The maximum atomic E-state index is 14.4. The molecule has 1 fully saturated rings. The van der Waals surface area contributed by atoms with E-state index in [0.29, 0.717) is 22.8 Å². The average Bonchev–Trinajstić information content (AvgIpc) is 3.59. The van der Waals surface area contributed by atoms with Crippen LogP contribution in [0.4, 0.5) is 32.1 Å². The lowest BCUT2D eigenvalue weighted by Crippen LogP contribution is -2.38. The van der Waals surface area contributed by atoms with Crippen LogP contribution in [0.3, 0.4) is 0 Å². The smallest absolute Gasteiger partial charge is 0.250 e. The number of aromatic nitrogens is 6. The second kappa shape index (κ2) is 15.2. The van der Waals surface area contributed by atoms with Gasteiger partial charge < -0.3 is 19.6 Å². The number of ether oxygens (including phenoxy) is 1. The Bertz CT molecular complexity index is 2190. The first-order chi connectivity index (χ1) is 25.6. The van der Waals surface area contributed by atoms with Crippen LogP contribution in [0, 0.1) is 39.3 Å². The Morgan fingerprint density at radius 3 is 1.58 bits per heavy atom. The Hall–Kier alpha value is -5.50. The number of hydrogen-bond donors (Lipinski definition) is 2. The van der Waals surface area contributed by atoms with Crippen molar-refractivity contribution in [1.82, 2.24) is 39.7 Å². The third-order valence-electron chi connectivity index (χ3n) is 9.56. The molecule has 7 rings (SSSR count). The van der Waals surface area contributed by atoms with E-state index in [2.05, 4.69) is 33.6 Å². The van der Waals surface area contributed by atoms with Gasteiger partial charge in [-0.05, 0) is 114 Å². The minimum Gasteiger partial charge on any atom is -0.379 e. The van der Waals surface area contributed by atoms with E-state index in [-0.39, 0.29) is 11.9 Å². The normalized spacial score (nSPS) is 13.5. The van der Waals surface area contributed by atoms with Crippen molar-refractivity contribution in [2.24, 2.45) is 0 Å². The number of hydrogen-bond acceptors (Lipinski definition) is 9. The summed E-state index contributed by atoms with van der Waals surface area (Å²) in [6.45, 7) is 13.0. The summed E-state index contributed by atoms with van der Waals surface area (Å²) in [5.41, 5.74) is 10.8. The number of morpholine rings is 1. The van der Waals surface area contributed by atoms with Crippen molar-refractivity contribution in [3.63, 3.8) is 0 Å². The van der Waals surface area contributed by atoms with Gasteiger partial charge in [0.15, 0.2) is 0 Å². The molecule has 53 heavy (non-hydrogen) atoms. The van der Waals surface area contributed by atoms with Gasteiger partial charge in [0, 0.05) is 72.5 Å². The van der Waals surface area contributed by atoms with E-state index in [4.69, 9.17) is 24.7 Å². The Morgan fingerprint density at radius 2 is 1.11 bits per heavy atom. The van der Waals surface area contributed by atoms with Gasteiger partial charge in [-0.15, -0.1) is 0 Å². The maximum Gasteiger partial charge on any atom is 0.250 e. The van der Waals surface area contributed by atoms with Crippen LogP contribution >= 0.6 is 0 Å². The van der Waals surface area contributed by atoms with Crippen LogP contribution in [-0.4, -0.2) is 80.1 Å². The summed E-state index contributed by atoms with van der Waals surface area (Å²) in [6, 6.07) is 15.9. The Morgan fingerprint density at radius 1 is 0.660 bits per heavy atom. The highest BCUT2D eigenvalue weighted by atomic mass is 19.1. The van der Waals surface area contributed by atoms with E-state index < -0.39 is 11.6 Å². The van der Waals surface area contributed by atoms with E-state index in [1.165, 1.54) is 24.3 Å². The van der Waals surface area contributed by atoms with Gasteiger partial charge >= 0.3 is 0 Å². The largest absolute Gasteiger partial charge is 0.379 e. The number of anilines is 4. The van der Waals surface area contributed by atoms with Gasteiger partial charge in [-0.2, -0.15) is 0 Å². The molecule has 0 bridgehead atoms. The molecule has 0 amide bonds. The fraction of sp³-hybridized carbons (Fsp3) is 0.300. The third-order valence-corrected chi connectivity index (χ3v) is 9.56. The van der Waals surface area contributed by atoms with Crippen LogP contribution < -0.4 is 10.0 Å². The molecule has 0 spiro atoms. The lowest BCUT2D eigenvalue weighted by molar-refractivity contribution is 0.0336. The third kappa shape index (κ3) is 7.54. The van der Waals surface area contributed by atoms with Gasteiger partial charge in [0.05, 0.1) is 36.0 Å². The standard InChI is InChI=1S/C40H44F2N10O/c1-25-35(23-49(5)6)45-27(3)37(25)33-15-17-43-39(47-33)51(31-11-7-29(41)8-12-31)52(32-13-9-30(42)10-14-32)40-44-18-16-34(48-40)38-26(2)36(46-28(38)4)24-50-19-21-53-22-20-50/h7-18,45-46H,19-24H2,1-6H3. The number of rotatable bonds is 11. The average molecular weight is 719 g/mol. The van der Waals surface area contributed by atoms with Gasteiger partial charge in [0.1, 0.15) is 11.6 Å². The van der Waals surface area contributed by atoms with Gasteiger partial charge in [-0.1, -0.05) is 0 Å². The van der Waals surface area contributed by atoms with Crippen molar-refractivity contribution in [3.05, 3.63) is 119 Å². The molecular weight excluding hydrogens is 675 g/mol. The van der Waals surface area contributed by atoms with Gasteiger partial charge in [0.2, 0.25) is 11.9 Å². The number of halogens is 2. The molecule has 4 aromatic heterocycles. The Balaban J connectivity index is 1.37. The molecule has 1 aliphatic heterocycles. The van der Waals surface area contributed by atoms with Crippen molar-refractivity contribution in [3.8, 4) is 22.5 Å². The first-order valence-electron chi connectivity index (χ1n) is 17.7. The molecule has 274 valence electrons. The van der Waals surface area contributed by atoms with Crippen LogP contribution in [0.1, 0.15) is 33.9 Å². The lowest BCUT2D eigenvalue weighted by Gasteiger charge is -2.35. The summed E-state index contributed by atoms with van der Waals surface area (Å²) in [6.07, 6.45) is 3.41. The molecule has 0 saturated carbocycles. The number of aromatic amines is 2. The first-order valence-corrected chi connectivity index (χ1v) is 17.7. The van der Waals surface area contributed by atoms with Gasteiger partial charge in [0.25, 0.3) is 0 Å². The monoisotopic (exact) mass is 718 g/mol. The molecule has 1 aliphatic rings. The second-order valence-corrected chi connectivity index (χ2v) is 13.6. The van der Waals surface area contributed by atoms with Crippen molar-refractivity contribution in [2.75, 3.05) is 50.4 Å². The molecule has 1 saturated heterocycles. The number of H-pyrrole nitrogens is 2. The molecule has 0 unspecified atom stereocenters. The first kappa shape index (κ1) is 35.9. The fourth-order valence-electron chi connectivity index (χ4n) is 7.00. The molecule has 2 aromatic carbocycles. The minimum absolute atomic E-state index is 0.281. The molecule has 0 atom stereocenters. The molecule has 0 radical (unpaired) electrons. The topological polar surface area (TPSA) is 105 Å². The van der Waals surface area contributed by atoms with E-state index in [9.17, 15) is 8.78 Å². The van der Waals surface area contributed by atoms with Crippen LogP contribution in [0.2, 0.25) is 0 Å². The Kier molecular flexibility index (Phi) is 10.3. The van der Waals surface area contributed by atoms with E-state index in [1.54, 1.807) is 46.7 Å². The number of hydrazine groups is 1. The number of aryl methyl sites for hydroxylation is 2. The lowest BCUT2D eigenvalue weighted by atomic mass is 10.1. The van der Waals surface area contributed by atoms with Crippen molar-refractivity contribution in [1.29, 1.82) is 0 Å². The van der Waals surface area contributed by atoms with E-state index in [1.807, 2.05) is 40.1 Å². The van der Waals surface area contributed by atoms with Crippen LogP contribution in [0.25, 0.3) is 22.5 Å². The highest BCUT2D eigenvalue weighted by molar-refractivity contribution is 5.76.